The Hall–Kier alpha value is -3.17. The van der Waals surface area contributed by atoms with Gasteiger partial charge in [0, 0.05) is 35.6 Å². The van der Waals surface area contributed by atoms with Crippen LogP contribution in [0.15, 0.2) is 70.3 Å². The topological polar surface area (TPSA) is 95.6 Å². The highest BCUT2D eigenvalue weighted by Crippen LogP contribution is 2.25. The van der Waals surface area contributed by atoms with E-state index in [-0.39, 0.29) is 16.0 Å². The average molecular weight is 442 g/mol. The van der Waals surface area contributed by atoms with E-state index in [1.807, 2.05) is 6.07 Å². The highest BCUT2D eigenvalue weighted by atomic mass is 32.2. The van der Waals surface area contributed by atoms with Crippen molar-refractivity contribution >= 4 is 50.2 Å². The van der Waals surface area contributed by atoms with Crippen molar-refractivity contribution < 1.29 is 18.0 Å². The Morgan fingerprint density at radius 3 is 2.47 bits per heavy atom. The number of nitrogens with one attached hydrogen (secondary N) is 2. The van der Waals surface area contributed by atoms with Crippen LogP contribution in [0.5, 0.6) is 0 Å². The zero-order valence-electron chi connectivity index (χ0n) is 15.9. The van der Waals surface area contributed by atoms with Crippen molar-refractivity contribution in [3.05, 3.63) is 71.6 Å². The van der Waals surface area contributed by atoms with E-state index < -0.39 is 10.0 Å². The van der Waals surface area contributed by atoms with E-state index >= 15 is 0 Å². The fourth-order valence-electron chi connectivity index (χ4n) is 3.19. The summed E-state index contributed by atoms with van der Waals surface area (Å²) in [4.78, 5) is 26.2. The minimum absolute atomic E-state index is 0.0825. The van der Waals surface area contributed by atoms with Gasteiger partial charge in [0.25, 0.3) is 15.9 Å². The Balaban J connectivity index is 1.44. The second kappa shape index (κ2) is 8.29. The van der Waals surface area contributed by atoms with Gasteiger partial charge in [-0.3, -0.25) is 14.3 Å². The summed E-state index contributed by atoms with van der Waals surface area (Å²) in [6.07, 6.45) is 1.37. The second-order valence-electron chi connectivity index (χ2n) is 6.77. The van der Waals surface area contributed by atoms with Crippen molar-refractivity contribution in [2.45, 2.75) is 17.1 Å². The van der Waals surface area contributed by atoms with Crippen molar-refractivity contribution in [3.63, 3.8) is 0 Å². The number of benzene rings is 2. The molecular weight excluding hydrogens is 422 g/mol. The molecular formula is C21H19N3O4S2. The number of hydrogen-bond acceptors (Lipinski definition) is 5. The Kier molecular flexibility index (Phi) is 5.56. The maximum absolute atomic E-state index is 12.6. The summed E-state index contributed by atoms with van der Waals surface area (Å²) >= 11 is 1.13. The molecule has 4 rings (SSSR count). The van der Waals surface area contributed by atoms with Crippen LogP contribution in [0, 0.1) is 0 Å². The van der Waals surface area contributed by atoms with Gasteiger partial charge in [0.15, 0.2) is 0 Å². The Morgan fingerprint density at radius 2 is 1.80 bits per heavy atom. The predicted molar refractivity (Wildman–Crippen MR) is 118 cm³/mol. The van der Waals surface area contributed by atoms with Crippen LogP contribution in [0.1, 0.15) is 23.2 Å². The molecule has 0 spiro atoms. The van der Waals surface area contributed by atoms with Crippen LogP contribution < -0.4 is 14.9 Å². The maximum atomic E-state index is 12.6. The van der Waals surface area contributed by atoms with E-state index in [4.69, 9.17) is 0 Å². The predicted octanol–water partition coefficient (Wildman–Crippen LogP) is 3.93. The van der Waals surface area contributed by atoms with Crippen LogP contribution >= 0.6 is 11.3 Å². The number of hydrogen-bond donors (Lipinski definition) is 2. The lowest BCUT2D eigenvalue weighted by Crippen LogP contribution is -2.23. The van der Waals surface area contributed by atoms with E-state index in [1.54, 1.807) is 58.8 Å². The van der Waals surface area contributed by atoms with Gasteiger partial charge >= 0.3 is 0 Å². The van der Waals surface area contributed by atoms with Crippen molar-refractivity contribution in [1.82, 2.24) is 0 Å². The summed E-state index contributed by atoms with van der Waals surface area (Å²) in [5, 5.41) is 4.50. The van der Waals surface area contributed by atoms with Gasteiger partial charge in [-0.25, -0.2) is 8.42 Å². The lowest BCUT2D eigenvalue weighted by Gasteiger charge is -2.16. The summed E-state index contributed by atoms with van der Waals surface area (Å²) < 4.78 is 27.3. The van der Waals surface area contributed by atoms with E-state index in [9.17, 15) is 18.0 Å². The molecule has 0 atom stereocenters. The van der Waals surface area contributed by atoms with Crippen molar-refractivity contribution in [3.8, 4) is 0 Å². The van der Waals surface area contributed by atoms with Crippen molar-refractivity contribution in [2.24, 2.45) is 0 Å². The minimum Gasteiger partial charge on any atom is -0.322 e. The molecule has 1 fully saturated rings. The minimum atomic E-state index is -3.63. The van der Waals surface area contributed by atoms with Gasteiger partial charge in [0.1, 0.15) is 4.21 Å². The summed E-state index contributed by atoms with van der Waals surface area (Å²) in [7, 11) is -3.63. The molecule has 0 radical (unpaired) electrons. The third kappa shape index (κ3) is 4.37. The van der Waals surface area contributed by atoms with E-state index in [2.05, 4.69) is 10.0 Å². The molecule has 3 aromatic rings. The van der Waals surface area contributed by atoms with Crippen LogP contribution in [-0.4, -0.2) is 26.8 Å². The highest BCUT2D eigenvalue weighted by molar-refractivity contribution is 7.94. The molecule has 1 aliphatic heterocycles. The van der Waals surface area contributed by atoms with E-state index in [0.29, 0.717) is 29.9 Å². The molecule has 0 unspecified atom stereocenters. The molecule has 1 saturated heterocycles. The molecule has 9 heteroatoms. The molecule has 7 nitrogen and oxygen atoms in total. The van der Waals surface area contributed by atoms with Crippen LogP contribution in [0.25, 0.3) is 0 Å². The van der Waals surface area contributed by atoms with Gasteiger partial charge < -0.3 is 10.2 Å². The van der Waals surface area contributed by atoms with Gasteiger partial charge in [-0.05, 0) is 60.3 Å². The standard InChI is InChI=1S/C21H19N3O4S2/c25-19-6-2-12-24(19)18-5-1-4-17(14-18)22-21(26)15-8-10-16(11-9-15)23-30(27,28)20-7-3-13-29-20/h1,3-5,7-11,13-14,23H,2,6,12H2,(H,22,26). The monoisotopic (exact) mass is 441 g/mol. The smallest absolute Gasteiger partial charge is 0.271 e. The van der Waals surface area contributed by atoms with E-state index in [1.165, 1.54) is 6.07 Å². The van der Waals surface area contributed by atoms with E-state index in [0.717, 1.165) is 23.4 Å². The second-order valence-corrected chi connectivity index (χ2v) is 9.63. The summed E-state index contributed by atoms with van der Waals surface area (Å²) in [6.45, 7) is 0.680. The van der Waals surface area contributed by atoms with Crippen LogP contribution in [0.2, 0.25) is 0 Å². The van der Waals surface area contributed by atoms with Gasteiger partial charge in [0.05, 0.1) is 0 Å². The number of sulfonamides is 1. The summed E-state index contributed by atoms with van der Waals surface area (Å²) in [5.74, 6) is -0.244. The number of amides is 2. The number of nitrogens with zero attached hydrogens (tertiary/aromatic N) is 1. The third-order valence-electron chi connectivity index (χ3n) is 4.65. The van der Waals surface area contributed by atoms with Crippen molar-refractivity contribution in [1.29, 1.82) is 0 Å². The molecule has 1 aromatic heterocycles. The number of carbonyl (C=O) groups is 2. The quantitative estimate of drug-likeness (QED) is 0.606. The zero-order valence-corrected chi connectivity index (χ0v) is 17.5. The number of carbonyl (C=O) groups excluding carboxylic acids is 2. The molecule has 2 N–H and O–H groups in total. The molecule has 30 heavy (non-hydrogen) atoms. The normalized spacial score (nSPS) is 14.0. The van der Waals surface area contributed by atoms with Gasteiger partial charge in [0.2, 0.25) is 5.91 Å². The van der Waals surface area contributed by atoms with Crippen LogP contribution in [-0.2, 0) is 14.8 Å². The third-order valence-corrected chi connectivity index (χ3v) is 7.43. The maximum Gasteiger partial charge on any atom is 0.271 e. The summed E-state index contributed by atoms with van der Waals surface area (Å²) in [6, 6.07) is 16.5. The largest absolute Gasteiger partial charge is 0.322 e. The molecule has 154 valence electrons. The molecule has 0 saturated carbocycles. The molecule has 1 aliphatic rings. The van der Waals surface area contributed by atoms with Gasteiger partial charge in [-0.1, -0.05) is 12.1 Å². The van der Waals surface area contributed by atoms with Gasteiger partial charge in [-0.2, -0.15) is 0 Å². The first-order chi connectivity index (χ1) is 14.4. The molecule has 0 bridgehead atoms. The lowest BCUT2D eigenvalue weighted by atomic mass is 10.2. The Bertz CT molecular complexity index is 1170. The first kappa shape index (κ1) is 20.1. The molecule has 0 aliphatic carbocycles. The van der Waals surface area contributed by atoms with Crippen molar-refractivity contribution in [2.75, 3.05) is 21.5 Å². The molecule has 2 aromatic carbocycles. The fourth-order valence-corrected chi connectivity index (χ4v) is 5.24. The zero-order chi connectivity index (χ0) is 21.1. The van der Waals surface area contributed by atoms with Crippen LogP contribution in [0.4, 0.5) is 17.1 Å². The first-order valence-corrected chi connectivity index (χ1v) is 11.7. The van der Waals surface area contributed by atoms with Crippen LogP contribution in [0.3, 0.4) is 0 Å². The first-order valence-electron chi connectivity index (χ1n) is 9.30. The Morgan fingerprint density at radius 1 is 1.00 bits per heavy atom. The molecule has 2 heterocycles. The fraction of sp³-hybridized carbons (Fsp3) is 0.143. The molecule has 2 amide bonds. The lowest BCUT2D eigenvalue weighted by molar-refractivity contribution is -0.117. The number of thiophene rings is 1. The highest BCUT2D eigenvalue weighted by Gasteiger charge is 2.22. The average Bonchev–Trinajstić information content (AvgIpc) is 3.41. The number of rotatable bonds is 6. The van der Waals surface area contributed by atoms with Gasteiger partial charge in [-0.15, -0.1) is 11.3 Å². The summed E-state index contributed by atoms with van der Waals surface area (Å²) in [5.41, 5.74) is 2.10. The Labute approximate surface area is 178 Å². The number of anilines is 3. The SMILES string of the molecule is O=C(Nc1cccc(N2CCCC2=O)c1)c1ccc(NS(=O)(=O)c2cccs2)cc1.